The van der Waals surface area contributed by atoms with E-state index in [-0.39, 0.29) is 5.82 Å². The molecule has 1 nitrogen and oxygen atoms in total. The maximum Gasteiger partial charge on any atom is 0.131 e. The summed E-state index contributed by atoms with van der Waals surface area (Å²) in [6, 6.07) is 12.7. The minimum atomic E-state index is -0.189. The first-order chi connectivity index (χ1) is 7.72. The van der Waals surface area contributed by atoms with Crippen molar-refractivity contribution in [1.82, 2.24) is 0 Å². The molecule has 2 aromatic rings. The lowest BCUT2D eigenvalue weighted by Crippen LogP contribution is -1.97. The van der Waals surface area contributed by atoms with Crippen LogP contribution in [0.5, 0.6) is 0 Å². The number of benzene rings is 2. The van der Waals surface area contributed by atoms with Gasteiger partial charge in [0.25, 0.3) is 0 Å². The maximum atomic E-state index is 13.6. The van der Waals surface area contributed by atoms with Gasteiger partial charge in [-0.3, -0.25) is 0 Å². The SMILES string of the molecule is Cc1cc(CN)ccc1-c1ccccc1F. The van der Waals surface area contributed by atoms with Gasteiger partial charge in [0.1, 0.15) is 5.82 Å². The second-order valence-electron chi connectivity index (χ2n) is 3.83. The Morgan fingerprint density at radius 1 is 1.06 bits per heavy atom. The van der Waals surface area contributed by atoms with Crippen molar-refractivity contribution in [2.24, 2.45) is 5.73 Å². The minimum absolute atomic E-state index is 0.189. The molecule has 0 fully saturated rings. The fraction of sp³-hybridized carbons (Fsp3) is 0.143. The number of hydrogen-bond donors (Lipinski definition) is 1. The van der Waals surface area contributed by atoms with Crippen LogP contribution >= 0.6 is 0 Å². The van der Waals surface area contributed by atoms with Gasteiger partial charge in [-0.1, -0.05) is 36.4 Å². The Kier molecular flexibility index (Phi) is 3.02. The molecule has 2 heteroatoms. The summed E-state index contributed by atoms with van der Waals surface area (Å²) < 4.78 is 13.6. The van der Waals surface area contributed by atoms with E-state index in [4.69, 9.17) is 5.73 Å². The predicted octanol–water partition coefficient (Wildman–Crippen LogP) is 3.26. The molecule has 0 atom stereocenters. The van der Waals surface area contributed by atoms with E-state index in [1.165, 1.54) is 6.07 Å². The second kappa shape index (κ2) is 4.45. The summed E-state index contributed by atoms with van der Waals surface area (Å²) in [6.45, 7) is 2.49. The Morgan fingerprint density at radius 2 is 1.81 bits per heavy atom. The summed E-state index contributed by atoms with van der Waals surface area (Å²) in [4.78, 5) is 0. The molecule has 2 aromatic carbocycles. The maximum absolute atomic E-state index is 13.6. The van der Waals surface area contributed by atoms with E-state index in [0.29, 0.717) is 12.1 Å². The molecule has 2 N–H and O–H groups in total. The van der Waals surface area contributed by atoms with E-state index in [0.717, 1.165) is 16.7 Å². The molecule has 2 rings (SSSR count). The standard InChI is InChI=1S/C14H14FN/c1-10-8-11(9-16)6-7-12(10)13-4-2-3-5-14(13)15/h2-8H,9,16H2,1H3. The van der Waals surface area contributed by atoms with Crippen LogP contribution in [0.3, 0.4) is 0 Å². The average molecular weight is 215 g/mol. The third kappa shape index (κ3) is 1.97. The Hall–Kier alpha value is -1.67. The van der Waals surface area contributed by atoms with Gasteiger partial charge >= 0.3 is 0 Å². The Balaban J connectivity index is 2.53. The van der Waals surface area contributed by atoms with Crippen molar-refractivity contribution in [1.29, 1.82) is 0 Å². The highest BCUT2D eigenvalue weighted by Gasteiger charge is 2.06. The number of rotatable bonds is 2. The van der Waals surface area contributed by atoms with E-state index in [9.17, 15) is 4.39 Å². The Morgan fingerprint density at radius 3 is 2.44 bits per heavy atom. The molecule has 0 radical (unpaired) electrons. The Bertz CT molecular complexity index is 506. The van der Waals surface area contributed by atoms with Crippen molar-refractivity contribution in [3.8, 4) is 11.1 Å². The quantitative estimate of drug-likeness (QED) is 0.817. The van der Waals surface area contributed by atoms with E-state index in [1.807, 2.05) is 31.2 Å². The van der Waals surface area contributed by atoms with Gasteiger partial charge in [-0.2, -0.15) is 0 Å². The summed E-state index contributed by atoms with van der Waals surface area (Å²) >= 11 is 0. The molecule has 0 amide bonds. The van der Waals surface area contributed by atoms with E-state index in [1.54, 1.807) is 12.1 Å². The molecular formula is C14H14FN. The first-order valence-electron chi connectivity index (χ1n) is 5.27. The zero-order valence-electron chi connectivity index (χ0n) is 9.20. The first-order valence-corrected chi connectivity index (χ1v) is 5.27. The molecule has 0 saturated carbocycles. The number of aryl methyl sites for hydroxylation is 1. The zero-order valence-corrected chi connectivity index (χ0v) is 9.20. The van der Waals surface area contributed by atoms with Crippen molar-refractivity contribution in [2.45, 2.75) is 13.5 Å². The normalized spacial score (nSPS) is 10.4. The number of nitrogens with two attached hydrogens (primary N) is 1. The average Bonchev–Trinajstić information content (AvgIpc) is 2.30. The highest BCUT2D eigenvalue weighted by molar-refractivity contribution is 5.68. The summed E-state index contributed by atoms with van der Waals surface area (Å²) in [5.74, 6) is -0.189. The van der Waals surface area contributed by atoms with Crippen LogP contribution in [0.2, 0.25) is 0 Å². The highest BCUT2D eigenvalue weighted by atomic mass is 19.1. The van der Waals surface area contributed by atoms with Crippen molar-refractivity contribution in [3.05, 3.63) is 59.4 Å². The van der Waals surface area contributed by atoms with Gasteiger partial charge < -0.3 is 5.73 Å². The van der Waals surface area contributed by atoms with Gasteiger partial charge in [0.15, 0.2) is 0 Å². The molecule has 0 unspecified atom stereocenters. The molecule has 0 bridgehead atoms. The molecule has 0 aliphatic heterocycles. The Labute approximate surface area is 94.7 Å². The summed E-state index contributed by atoms with van der Waals surface area (Å²) in [7, 11) is 0. The van der Waals surface area contributed by atoms with E-state index in [2.05, 4.69) is 0 Å². The van der Waals surface area contributed by atoms with Gasteiger partial charge in [0.05, 0.1) is 0 Å². The first kappa shape index (κ1) is 10.8. The van der Waals surface area contributed by atoms with Crippen LogP contribution < -0.4 is 5.73 Å². The lowest BCUT2D eigenvalue weighted by molar-refractivity contribution is 0.631. The summed E-state index contributed by atoms with van der Waals surface area (Å²) in [5.41, 5.74) is 9.25. The van der Waals surface area contributed by atoms with Crippen LogP contribution in [0.1, 0.15) is 11.1 Å². The second-order valence-corrected chi connectivity index (χ2v) is 3.83. The topological polar surface area (TPSA) is 26.0 Å². The minimum Gasteiger partial charge on any atom is -0.326 e. The lowest BCUT2D eigenvalue weighted by atomic mass is 9.98. The third-order valence-corrected chi connectivity index (χ3v) is 2.69. The van der Waals surface area contributed by atoms with Gasteiger partial charge in [0, 0.05) is 12.1 Å². The van der Waals surface area contributed by atoms with Crippen LogP contribution in [0, 0.1) is 12.7 Å². The molecule has 0 aliphatic rings. The third-order valence-electron chi connectivity index (χ3n) is 2.69. The largest absolute Gasteiger partial charge is 0.326 e. The van der Waals surface area contributed by atoms with Crippen molar-refractivity contribution >= 4 is 0 Å². The zero-order chi connectivity index (χ0) is 11.5. The summed E-state index contributed by atoms with van der Waals surface area (Å²) in [5, 5.41) is 0. The molecule has 0 spiro atoms. The fourth-order valence-electron chi connectivity index (χ4n) is 1.83. The number of halogens is 1. The van der Waals surface area contributed by atoms with Gasteiger partial charge in [-0.25, -0.2) is 4.39 Å². The lowest BCUT2D eigenvalue weighted by Gasteiger charge is -2.08. The molecule has 82 valence electrons. The fourth-order valence-corrected chi connectivity index (χ4v) is 1.83. The molecule has 0 saturated heterocycles. The van der Waals surface area contributed by atoms with Gasteiger partial charge in [0.2, 0.25) is 0 Å². The van der Waals surface area contributed by atoms with Crippen molar-refractivity contribution in [2.75, 3.05) is 0 Å². The molecule has 0 heterocycles. The molecule has 0 aromatic heterocycles. The van der Waals surface area contributed by atoms with Gasteiger partial charge in [-0.05, 0) is 29.7 Å². The monoisotopic (exact) mass is 215 g/mol. The van der Waals surface area contributed by atoms with Crippen molar-refractivity contribution in [3.63, 3.8) is 0 Å². The highest BCUT2D eigenvalue weighted by Crippen LogP contribution is 2.26. The smallest absolute Gasteiger partial charge is 0.131 e. The summed E-state index contributed by atoms with van der Waals surface area (Å²) in [6.07, 6.45) is 0. The molecule has 16 heavy (non-hydrogen) atoms. The van der Waals surface area contributed by atoms with Crippen LogP contribution in [0.15, 0.2) is 42.5 Å². The molecular weight excluding hydrogens is 201 g/mol. The van der Waals surface area contributed by atoms with Gasteiger partial charge in [-0.15, -0.1) is 0 Å². The van der Waals surface area contributed by atoms with Crippen LogP contribution in [-0.2, 0) is 6.54 Å². The predicted molar refractivity (Wildman–Crippen MR) is 64.5 cm³/mol. The van der Waals surface area contributed by atoms with E-state index < -0.39 is 0 Å². The number of hydrogen-bond acceptors (Lipinski definition) is 1. The van der Waals surface area contributed by atoms with E-state index >= 15 is 0 Å². The van der Waals surface area contributed by atoms with Crippen molar-refractivity contribution < 1.29 is 4.39 Å². The van der Waals surface area contributed by atoms with Crippen LogP contribution in [-0.4, -0.2) is 0 Å². The molecule has 0 aliphatic carbocycles. The van der Waals surface area contributed by atoms with Crippen LogP contribution in [0.25, 0.3) is 11.1 Å². The van der Waals surface area contributed by atoms with Crippen LogP contribution in [0.4, 0.5) is 4.39 Å².